The van der Waals surface area contributed by atoms with Crippen LogP contribution in [-0.2, 0) is 0 Å². The van der Waals surface area contributed by atoms with Gasteiger partial charge in [-0.15, -0.1) is 0 Å². The molecule has 1 aromatic heterocycles. The van der Waals surface area contributed by atoms with Gasteiger partial charge in [-0.2, -0.15) is 5.10 Å². The normalized spacial score (nSPS) is 10.9. The molecule has 0 aliphatic carbocycles. The van der Waals surface area contributed by atoms with Gasteiger partial charge in [0.1, 0.15) is 12.4 Å². The Hall–Kier alpha value is -3.70. The molecular weight excluding hydrogens is 402 g/mol. The van der Waals surface area contributed by atoms with E-state index in [-0.39, 0.29) is 0 Å². The fraction of sp³-hybridized carbons (Fsp3) is 0.0769. The third-order valence-electron chi connectivity index (χ3n) is 4.63. The summed E-state index contributed by atoms with van der Waals surface area (Å²) in [5.74, 6) is 0.761. The molecule has 0 aliphatic rings. The molecule has 31 heavy (non-hydrogen) atoms. The number of ether oxygens (including phenoxy) is 1. The van der Waals surface area contributed by atoms with Gasteiger partial charge >= 0.3 is 0 Å². The van der Waals surface area contributed by atoms with Gasteiger partial charge in [-0.1, -0.05) is 96.3 Å². The molecule has 0 atom stereocenters. The lowest BCUT2D eigenvalue weighted by molar-refractivity contribution is 0.363. The average molecular weight is 426 g/mol. The number of anilines is 1. The van der Waals surface area contributed by atoms with Crippen molar-refractivity contribution < 1.29 is 4.74 Å². The number of hydrogen-bond acceptors (Lipinski definition) is 5. The van der Waals surface area contributed by atoms with Crippen molar-refractivity contribution in [2.75, 3.05) is 12.0 Å². The van der Waals surface area contributed by atoms with Crippen LogP contribution < -0.4 is 10.2 Å². The number of nitrogens with zero attached hydrogens (tertiary/aromatic N) is 2. The topological polar surface area (TPSA) is 46.5 Å². The summed E-state index contributed by atoms with van der Waals surface area (Å²) < 4.78 is 5.69. The van der Waals surface area contributed by atoms with Crippen LogP contribution in [0.15, 0.2) is 96.6 Å². The molecule has 0 unspecified atom stereocenters. The summed E-state index contributed by atoms with van der Waals surface area (Å²) in [7, 11) is 0. The molecule has 4 aromatic rings. The van der Waals surface area contributed by atoms with Gasteiger partial charge in [-0.25, -0.2) is 4.98 Å². The number of para-hydroxylation sites is 1. The summed E-state index contributed by atoms with van der Waals surface area (Å²) in [6.45, 7) is 6.23. The van der Waals surface area contributed by atoms with Crippen LogP contribution in [0.25, 0.3) is 21.7 Å². The van der Waals surface area contributed by atoms with E-state index < -0.39 is 0 Å². The molecule has 5 heteroatoms. The highest BCUT2D eigenvalue weighted by molar-refractivity contribution is 7.19. The fourth-order valence-electron chi connectivity index (χ4n) is 3.08. The number of aromatic nitrogens is 1. The number of rotatable bonds is 8. The van der Waals surface area contributed by atoms with Crippen molar-refractivity contribution in [2.24, 2.45) is 5.10 Å². The fourth-order valence-corrected chi connectivity index (χ4v) is 4.03. The first-order valence-electron chi connectivity index (χ1n) is 9.99. The number of hydrazone groups is 1. The molecule has 4 rings (SSSR count). The van der Waals surface area contributed by atoms with Gasteiger partial charge in [0.25, 0.3) is 0 Å². The van der Waals surface area contributed by atoms with Gasteiger partial charge < -0.3 is 4.74 Å². The highest BCUT2D eigenvalue weighted by Gasteiger charge is 2.14. The lowest BCUT2D eigenvalue weighted by Gasteiger charge is -2.05. The lowest BCUT2D eigenvalue weighted by atomic mass is 10.1. The molecule has 0 saturated heterocycles. The molecule has 0 radical (unpaired) electrons. The van der Waals surface area contributed by atoms with Crippen molar-refractivity contribution in [3.05, 3.63) is 103 Å². The van der Waals surface area contributed by atoms with Gasteiger partial charge in [0.2, 0.25) is 5.13 Å². The van der Waals surface area contributed by atoms with E-state index in [0.717, 1.165) is 38.1 Å². The summed E-state index contributed by atoms with van der Waals surface area (Å²) in [4.78, 5) is 5.95. The van der Waals surface area contributed by atoms with Crippen molar-refractivity contribution in [1.29, 1.82) is 0 Å². The molecule has 0 fully saturated rings. The van der Waals surface area contributed by atoms with E-state index in [9.17, 15) is 0 Å². The van der Waals surface area contributed by atoms with Crippen molar-refractivity contribution in [2.45, 2.75) is 6.92 Å². The summed E-state index contributed by atoms with van der Waals surface area (Å²) in [6.07, 6.45) is 3.47. The van der Waals surface area contributed by atoms with Gasteiger partial charge in [0.15, 0.2) is 0 Å². The molecule has 4 nitrogen and oxygen atoms in total. The largest absolute Gasteiger partial charge is 0.489 e. The molecule has 0 amide bonds. The Kier molecular flexibility index (Phi) is 6.55. The predicted octanol–water partition coefficient (Wildman–Crippen LogP) is 6.80. The Morgan fingerprint density at radius 1 is 0.968 bits per heavy atom. The first-order valence-corrected chi connectivity index (χ1v) is 10.8. The molecular formula is C26H23N3OS. The smallest absolute Gasteiger partial charge is 0.204 e. The zero-order valence-electron chi connectivity index (χ0n) is 17.3. The van der Waals surface area contributed by atoms with Crippen molar-refractivity contribution >= 4 is 22.7 Å². The lowest BCUT2D eigenvalue weighted by Crippen LogP contribution is -1.97. The SMILES string of the molecule is C=CCOc1ccccc1/C=N\Nc1nc(-c2ccc(C)cc2)c(-c2ccccc2)s1. The van der Waals surface area contributed by atoms with Gasteiger partial charge in [-0.05, 0) is 24.6 Å². The van der Waals surface area contributed by atoms with Crippen molar-refractivity contribution in [1.82, 2.24) is 4.98 Å². The molecule has 154 valence electrons. The quantitative estimate of drug-likeness (QED) is 0.192. The molecule has 3 aromatic carbocycles. The third kappa shape index (κ3) is 5.08. The summed E-state index contributed by atoms with van der Waals surface area (Å²) >= 11 is 1.58. The van der Waals surface area contributed by atoms with Crippen molar-refractivity contribution in [3.8, 4) is 27.4 Å². The number of thiazole rings is 1. The molecule has 0 saturated carbocycles. The third-order valence-corrected chi connectivity index (χ3v) is 5.64. The van der Waals surface area contributed by atoms with Crippen LogP contribution in [-0.4, -0.2) is 17.8 Å². The Bertz CT molecular complexity index is 1180. The van der Waals surface area contributed by atoms with E-state index in [1.807, 2.05) is 42.5 Å². The van der Waals surface area contributed by atoms with E-state index in [0.29, 0.717) is 6.61 Å². The molecule has 1 heterocycles. The summed E-state index contributed by atoms with van der Waals surface area (Å²) in [5.41, 5.74) is 8.36. The van der Waals surface area contributed by atoms with Crippen LogP contribution in [0.1, 0.15) is 11.1 Å². The maximum Gasteiger partial charge on any atom is 0.204 e. The first-order chi connectivity index (χ1) is 15.2. The van der Waals surface area contributed by atoms with Crippen LogP contribution >= 0.6 is 11.3 Å². The minimum Gasteiger partial charge on any atom is -0.489 e. The van der Waals surface area contributed by atoms with Crippen LogP contribution in [0.5, 0.6) is 5.75 Å². The standard InChI is InChI=1S/C26H23N3OS/c1-3-17-30-23-12-8-7-11-22(23)18-27-29-26-28-24(20-15-13-19(2)14-16-20)25(31-26)21-9-5-4-6-10-21/h3-16,18H,1,17H2,2H3,(H,28,29)/b27-18-. The average Bonchev–Trinajstić information content (AvgIpc) is 3.24. The maximum atomic E-state index is 5.69. The van der Waals surface area contributed by atoms with E-state index >= 15 is 0 Å². The zero-order valence-corrected chi connectivity index (χ0v) is 18.1. The van der Waals surface area contributed by atoms with Crippen LogP contribution in [0.4, 0.5) is 5.13 Å². The first kappa shape index (κ1) is 20.6. The highest BCUT2D eigenvalue weighted by Crippen LogP contribution is 2.39. The second-order valence-corrected chi connectivity index (χ2v) is 7.94. The Morgan fingerprint density at radius 3 is 2.48 bits per heavy atom. The van der Waals surface area contributed by atoms with E-state index in [4.69, 9.17) is 9.72 Å². The van der Waals surface area contributed by atoms with Crippen molar-refractivity contribution in [3.63, 3.8) is 0 Å². The summed E-state index contributed by atoms with van der Waals surface area (Å²) in [5, 5.41) is 5.14. The minimum atomic E-state index is 0.450. The molecule has 0 bridgehead atoms. The Morgan fingerprint density at radius 2 is 1.71 bits per heavy atom. The maximum absolute atomic E-state index is 5.69. The number of benzene rings is 3. The predicted molar refractivity (Wildman–Crippen MR) is 131 cm³/mol. The van der Waals surface area contributed by atoms with E-state index in [2.05, 4.69) is 60.4 Å². The zero-order chi connectivity index (χ0) is 21.5. The number of hydrogen-bond donors (Lipinski definition) is 1. The monoisotopic (exact) mass is 425 g/mol. The van der Waals surface area contributed by atoms with Crippen LogP contribution in [0.3, 0.4) is 0 Å². The Labute approximate surface area is 186 Å². The van der Waals surface area contributed by atoms with Gasteiger partial charge in [0.05, 0.1) is 16.8 Å². The number of nitrogens with one attached hydrogen (secondary N) is 1. The van der Waals surface area contributed by atoms with Gasteiger partial charge in [-0.3, -0.25) is 5.43 Å². The van der Waals surface area contributed by atoms with E-state index in [1.54, 1.807) is 23.6 Å². The summed E-state index contributed by atoms with van der Waals surface area (Å²) in [6, 6.07) is 26.5. The van der Waals surface area contributed by atoms with Gasteiger partial charge in [0, 0.05) is 11.1 Å². The molecule has 0 aliphatic heterocycles. The van der Waals surface area contributed by atoms with E-state index in [1.165, 1.54) is 5.56 Å². The Balaban J connectivity index is 1.62. The second-order valence-electron chi connectivity index (χ2n) is 6.94. The highest BCUT2D eigenvalue weighted by atomic mass is 32.1. The molecule has 0 spiro atoms. The molecule has 1 N–H and O–H groups in total. The second kappa shape index (κ2) is 9.87. The van der Waals surface area contributed by atoms with Crippen LogP contribution in [0, 0.1) is 6.92 Å². The number of aryl methyl sites for hydroxylation is 1. The van der Waals surface area contributed by atoms with Crippen LogP contribution in [0.2, 0.25) is 0 Å². The minimum absolute atomic E-state index is 0.450.